The van der Waals surface area contributed by atoms with Gasteiger partial charge in [0.05, 0.1) is 0 Å². The van der Waals surface area contributed by atoms with Crippen molar-refractivity contribution in [1.82, 2.24) is 0 Å². The van der Waals surface area contributed by atoms with E-state index in [0.717, 1.165) is 5.56 Å². The number of nitrogens with two attached hydrogens (primary N) is 1. The first-order valence-corrected chi connectivity index (χ1v) is 5.65. The maximum atomic E-state index is 5.63. The van der Waals surface area contributed by atoms with E-state index < -0.39 is 0 Å². The van der Waals surface area contributed by atoms with E-state index in [4.69, 9.17) is 5.73 Å². The maximum absolute atomic E-state index is 5.63. The Kier molecular flexibility index (Phi) is 3.07. The van der Waals surface area contributed by atoms with E-state index in [2.05, 4.69) is 52.2 Å². The normalized spacial score (nSPS) is 10.1. The SMILES string of the molecule is C=C(N)c1ccc(-c2ccc(P)cc2)cc1. The molecular formula is C14H14NP. The van der Waals surface area contributed by atoms with Crippen molar-refractivity contribution in [2.45, 2.75) is 0 Å². The lowest BCUT2D eigenvalue weighted by molar-refractivity contribution is 1.52. The van der Waals surface area contributed by atoms with Crippen LogP contribution in [0.15, 0.2) is 55.1 Å². The van der Waals surface area contributed by atoms with Crippen molar-refractivity contribution in [3.63, 3.8) is 0 Å². The van der Waals surface area contributed by atoms with Gasteiger partial charge >= 0.3 is 0 Å². The zero-order valence-corrected chi connectivity index (χ0v) is 10.1. The summed E-state index contributed by atoms with van der Waals surface area (Å²) < 4.78 is 0. The average Bonchev–Trinajstić information content (AvgIpc) is 2.30. The molecule has 2 N–H and O–H groups in total. The predicted octanol–water partition coefficient (Wildman–Crippen LogP) is 2.78. The molecule has 0 aromatic heterocycles. The van der Waals surface area contributed by atoms with Gasteiger partial charge < -0.3 is 5.73 Å². The molecule has 0 heterocycles. The molecule has 0 aliphatic carbocycles. The van der Waals surface area contributed by atoms with E-state index in [9.17, 15) is 0 Å². The van der Waals surface area contributed by atoms with Gasteiger partial charge in [0.1, 0.15) is 0 Å². The van der Waals surface area contributed by atoms with Gasteiger partial charge in [-0.15, -0.1) is 9.24 Å². The molecule has 0 aliphatic heterocycles. The van der Waals surface area contributed by atoms with Crippen LogP contribution >= 0.6 is 9.24 Å². The van der Waals surface area contributed by atoms with Crippen LogP contribution in [0.3, 0.4) is 0 Å². The summed E-state index contributed by atoms with van der Waals surface area (Å²) in [6.07, 6.45) is 0. The van der Waals surface area contributed by atoms with E-state index in [0.29, 0.717) is 5.70 Å². The van der Waals surface area contributed by atoms with Gasteiger partial charge in [0, 0.05) is 5.70 Å². The molecule has 2 heteroatoms. The minimum Gasteiger partial charge on any atom is -0.399 e. The third kappa shape index (κ3) is 2.32. The molecule has 0 fully saturated rings. The van der Waals surface area contributed by atoms with Crippen LogP contribution in [-0.2, 0) is 0 Å². The second-order valence-electron chi connectivity index (χ2n) is 3.72. The highest BCUT2D eigenvalue weighted by molar-refractivity contribution is 7.27. The predicted molar refractivity (Wildman–Crippen MR) is 74.4 cm³/mol. The van der Waals surface area contributed by atoms with Crippen LogP contribution in [0, 0.1) is 0 Å². The third-order valence-corrected chi connectivity index (χ3v) is 2.88. The number of benzene rings is 2. The quantitative estimate of drug-likeness (QED) is 0.784. The molecule has 0 saturated heterocycles. The van der Waals surface area contributed by atoms with Crippen molar-refractivity contribution in [3.8, 4) is 11.1 Å². The highest BCUT2D eigenvalue weighted by Gasteiger charge is 1.98. The van der Waals surface area contributed by atoms with Crippen LogP contribution < -0.4 is 11.0 Å². The van der Waals surface area contributed by atoms with Gasteiger partial charge in [-0.05, 0) is 22.0 Å². The Hall–Kier alpha value is -1.59. The van der Waals surface area contributed by atoms with E-state index in [-0.39, 0.29) is 0 Å². The smallest absolute Gasteiger partial charge is 0.0314 e. The van der Waals surface area contributed by atoms with Gasteiger partial charge in [0.2, 0.25) is 0 Å². The van der Waals surface area contributed by atoms with Gasteiger partial charge in [0.15, 0.2) is 0 Å². The molecule has 1 atom stereocenters. The Morgan fingerprint density at radius 2 is 1.31 bits per heavy atom. The molecule has 2 rings (SSSR count). The molecule has 1 nitrogen and oxygen atoms in total. The summed E-state index contributed by atoms with van der Waals surface area (Å²) in [4.78, 5) is 0. The first kappa shape index (κ1) is 10.9. The zero-order chi connectivity index (χ0) is 11.5. The van der Waals surface area contributed by atoms with Gasteiger partial charge in [-0.2, -0.15) is 0 Å². The number of hydrogen-bond acceptors (Lipinski definition) is 1. The van der Waals surface area contributed by atoms with E-state index in [1.54, 1.807) is 0 Å². The monoisotopic (exact) mass is 227 g/mol. The lowest BCUT2D eigenvalue weighted by Gasteiger charge is -2.04. The molecule has 0 amide bonds. The highest BCUT2D eigenvalue weighted by Crippen LogP contribution is 2.20. The summed E-state index contributed by atoms with van der Waals surface area (Å²) in [7, 11) is 2.68. The molecule has 1 unspecified atom stereocenters. The van der Waals surface area contributed by atoms with Crippen molar-refractivity contribution in [1.29, 1.82) is 0 Å². The topological polar surface area (TPSA) is 26.0 Å². The fourth-order valence-corrected chi connectivity index (χ4v) is 1.74. The Bertz CT molecular complexity index is 497. The van der Waals surface area contributed by atoms with E-state index in [1.165, 1.54) is 16.4 Å². The summed E-state index contributed by atoms with van der Waals surface area (Å²) in [6.45, 7) is 3.71. The Balaban J connectivity index is 2.34. The van der Waals surface area contributed by atoms with E-state index >= 15 is 0 Å². The summed E-state index contributed by atoms with van der Waals surface area (Å²) >= 11 is 0. The van der Waals surface area contributed by atoms with Crippen LogP contribution in [0.1, 0.15) is 5.56 Å². The van der Waals surface area contributed by atoms with Crippen molar-refractivity contribution in [2.75, 3.05) is 0 Å². The largest absolute Gasteiger partial charge is 0.399 e. The van der Waals surface area contributed by atoms with Crippen molar-refractivity contribution >= 4 is 20.2 Å². The van der Waals surface area contributed by atoms with Crippen LogP contribution in [0.2, 0.25) is 0 Å². The van der Waals surface area contributed by atoms with Crippen LogP contribution in [0.4, 0.5) is 0 Å². The lowest BCUT2D eigenvalue weighted by Crippen LogP contribution is -1.93. The van der Waals surface area contributed by atoms with Gasteiger partial charge in [-0.25, -0.2) is 0 Å². The van der Waals surface area contributed by atoms with Crippen molar-refractivity contribution in [2.24, 2.45) is 5.73 Å². The van der Waals surface area contributed by atoms with Crippen LogP contribution in [0.25, 0.3) is 16.8 Å². The molecular weight excluding hydrogens is 213 g/mol. The third-order valence-electron chi connectivity index (χ3n) is 2.50. The van der Waals surface area contributed by atoms with Crippen molar-refractivity contribution < 1.29 is 0 Å². The van der Waals surface area contributed by atoms with Gasteiger partial charge in [-0.1, -0.05) is 55.1 Å². The zero-order valence-electron chi connectivity index (χ0n) is 8.98. The molecule has 0 saturated carbocycles. The second-order valence-corrected chi connectivity index (χ2v) is 4.39. The van der Waals surface area contributed by atoms with Gasteiger partial charge in [-0.3, -0.25) is 0 Å². The Labute approximate surface area is 98.2 Å². The summed E-state index contributed by atoms with van der Waals surface area (Å²) in [5, 5.41) is 1.19. The fraction of sp³-hybridized carbons (Fsp3) is 0. The molecule has 0 bridgehead atoms. The standard InChI is InChI=1S/C14H14NP/c1-10(15)11-2-4-12(5-3-11)13-6-8-14(16)9-7-13/h2-9H,1,15-16H2. The molecule has 0 aliphatic rings. The Morgan fingerprint density at radius 3 is 1.75 bits per heavy atom. The lowest BCUT2D eigenvalue weighted by atomic mass is 10.0. The van der Waals surface area contributed by atoms with E-state index in [1.807, 2.05) is 12.1 Å². The minimum atomic E-state index is 0.604. The van der Waals surface area contributed by atoms with Gasteiger partial charge in [0.25, 0.3) is 0 Å². The molecule has 2 aromatic carbocycles. The molecule has 0 radical (unpaired) electrons. The summed E-state index contributed by atoms with van der Waals surface area (Å²) in [6, 6.07) is 16.5. The molecule has 16 heavy (non-hydrogen) atoms. The second kappa shape index (κ2) is 4.51. The summed E-state index contributed by atoms with van der Waals surface area (Å²) in [5.74, 6) is 0. The first-order valence-electron chi connectivity index (χ1n) is 5.07. The number of rotatable bonds is 2. The minimum absolute atomic E-state index is 0.604. The average molecular weight is 227 g/mol. The molecule has 2 aromatic rings. The first-order chi connectivity index (χ1) is 7.66. The highest BCUT2D eigenvalue weighted by atomic mass is 31.0. The van der Waals surface area contributed by atoms with Crippen molar-refractivity contribution in [3.05, 3.63) is 60.7 Å². The molecule has 80 valence electrons. The van der Waals surface area contributed by atoms with Crippen LogP contribution in [0.5, 0.6) is 0 Å². The molecule has 0 spiro atoms. The fourth-order valence-electron chi connectivity index (χ4n) is 1.55. The summed E-state index contributed by atoms with van der Waals surface area (Å²) in [5.41, 5.74) is 9.61. The van der Waals surface area contributed by atoms with Crippen LogP contribution in [-0.4, -0.2) is 0 Å². The Morgan fingerprint density at radius 1 is 0.875 bits per heavy atom. The maximum Gasteiger partial charge on any atom is 0.0314 e. The number of hydrogen-bond donors (Lipinski definition) is 1.